The number of pyridine rings is 2. The van der Waals surface area contributed by atoms with Crippen LogP contribution in [0.25, 0.3) is 11.1 Å². The first-order valence-electron chi connectivity index (χ1n) is 12.5. The summed E-state index contributed by atoms with van der Waals surface area (Å²) >= 11 is 6.28. The Kier molecular flexibility index (Phi) is 7.36. The molecule has 0 radical (unpaired) electrons. The standard InChI is InChI=1S/C28H30ClN7O2/c1-5-38-23-10-24(27-20(11-30)13-33-36(27)17-23)18(2)6-7-26(31-3)34-15-21-9-22(16-34)35(21)14-19-8-25(29)28(37-4)32-12-19/h6-8,10,12-13,17,21-22H,3,5,9,14-16H2,1-2,4H3/b18-6+,26-7+. The summed E-state index contributed by atoms with van der Waals surface area (Å²) in [7, 11) is 1.57. The number of piperazine rings is 1. The fraction of sp³-hybridized carbons (Fsp3) is 0.357. The van der Waals surface area contributed by atoms with E-state index < -0.39 is 0 Å². The van der Waals surface area contributed by atoms with Gasteiger partial charge in [-0.2, -0.15) is 10.4 Å². The van der Waals surface area contributed by atoms with Gasteiger partial charge >= 0.3 is 0 Å². The van der Waals surface area contributed by atoms with Gasteiger partial charge in [-0.1, -0.05) is 17.7 Å². The minimum absolute atomic E-state index is 0.428. The number of hydrogen-bond acceptors (Lipinski definition) is 8. The number of rotatable bonds is 9. The van der Waals surface area contributed by atoms with Gasteiger partial charge in [-0.05, 0) is 56.3 Å². The third-order valence-corrected chi connectivity index (χ3v) is 7.45. The number of piperidine rings is 1. The number of halogens is 1. The zero-order valence-electron chi connectivity index (χ0n) is 21.8. The topological polar surface area (TPSA) is 91.3 Å². The van der Waals surface area contributed by atoms with E-state index in [0.29, 0.717) is 40.9 Å². The van der Waals surface area contributed by atoms with E-state index in [0.717, 1.165) is 54.1 Å². The van der Waals surface area contributed by atoms with Crippen LogP contribution in [0, 0.1) is 11.3 Å². The molecular weight excluding hydrogens is 502 g/mol. The van der Waals surface area contributed by atoms with Crippen LogP contribution in [0.3, 0.4) is 0 Å². The predicted molar refractivity (Wildman–Crippen MR) is 147 cm³/mol. The molecule has 3 aromatic heterocycles. The van der Waals surface area contributed by atoms with E-state index in [-0.39, 0.29) is 0 Å². The second-order valence-electron chi connectivity index (χ2n) is 9.47. The van der Waals surface area contributed by atoms with Crippen LogP contribution in [0.1, 0.15) is 37.0 Å². The molecule has 3 saturated heterocycles. The summed E-state index contributed by atoms with van der Waals surface area (Å²) in [5, 5.41) is 14.5. The van der Waals surface area contributed by atoms with Gasteiger partial charge in [0, 0.05) is 43.5 Å². The van der Waals surface area contributed by atoms with Crippen molar-refractivity contribution in [3.05, 3.63) is 70.4 Å². The normalized spacial score (nSPS) is 19.7. The van der Waals surface area contributed by atoms with Gasteiger partial charge < -0.3 is 14.4 Å². The first-order chi connectivity index (χ1) is 18.4. The predicted octanol–water partition coefficient (Wildman–Crippen LogP) is 4.57. The van der Waals surface area contributed by atoms with Gasteiger partial charge in [-0.3, -0.25) is 4.90 Å². The quantitative estimate of drug-likeness (QED) is 0.295. The Morgan fingerprint density at radius 3 is 2.74 bits per heavy atom. The van der Waals surface area contributed by atoms with Gasteiger partial charge in [-0.15, -0.1) is 0 Å². The molecular formula is C28H30ClN7O2. The number of nitrogens with zero attached hydrogens (tertiary/aromatic N) is 7. The molecule has 196 valence electrons. The Bertz CT molecular complexity index is 1460. The van der Waals surface area contributed by atoms with E-state index in [1.165, 1.54) is 0 Å². The summed E-state index contributed by atoms with van der Waals surface area (Å²) < 4.78 is 12.6. The first-order valence-corrected chi connectivity index (χ1v) is 12.9. The van der Waals surface area contributed by atoms with Crippen molar-refractivity contribution in [2.45, 2.75) is 38.9 Å². The number of methoxy groups -OCH3 is 1. The van der Waals surface area contributed by atoms with Gasteiger partial charge in [0.05, 0.1) is 37.2 Å². The Hall–Kier alpha value is -3.87. The molecule has 6 rings (SSSR count). The van der Waals surface area contributed by atoms with E-state index in [2.05, 4.69) is 37.7 Å². The maximum absolute atomic E-state index is 9.59. The summed E-state index contributed by atoms with van der Waals surface area (Å²) in [5.74, 6) is 1.98. The van der Waals surface area contributed by atoms with E-state index in [4.69, 9.17) is 21.1 Å². The van der Waals surface area contributed by atoms with Crippen molar-refractivity contribution in [3.63, 3.8) is 0 Å². The van der Waals surface area contributed by atoms with Crippen LogP contribution in [0.2, 0.25) is 5.02 Å². The third kappa shape index (κ3) is 4.85. The Labute approximate surface area is 227 Å². The molecule has 2 bridgehead atoms. The van der Waals surface area contributed by atoms with Crippen LogP contribution in [-0.4, -0.2) is 70.0 Å². The highest BCUT2D eigenvalue weighted by Gasteiger charge is 2.44. The maximum atomic E-state index is 9.59. The molecule has 0 aromatic carbocycles. The minimum Gasteiger partial charge on any atom is -0.492 e. The van der Waals surface area contributed by atoms with Crippen molar-refractivity contribution in [1.82, 2.24) is 24.4 Å². The Morgan fingerprint density at radius 1 is 1.29 bits per heavy atom. The average Bonchev–Trinajstić information content (AvgIpc) is 3.35. The number of ether oxygens (including phenoxy) is 2. The van der Waals surface area contributed by atoms with E-state index in [1.807, 2.05) is 44.3 Å². The molecule has 0 aliphatic carbocycles. The third-order valence-electron chi connectivity index (χ3n) is 7.18. The van der Waals surface area contributed by atoms with E-state index in [9.17, 15) is 5.26 Å². The summed E-state index contributed by atoms with van der Waals surface area (Å²) in [5.41, 5.74) is 4.22. The largest absolute Gasteiger partial charge is 0.492 e. The molecule has 3 aliphatic heterocycles. The number of nitriles is 1. The molecule has 3 aromatic rings. The summed E-state index contributed by atoms with van der Waals surface area (Å²) in [6.07, 6.45) is 10.4. The number of fused-ring (bicyclic) bond motifs is 3. The van der Waals surface area contributed by atoms with Crippen LogP contribution in [0.4, 0.5) is 0 Å². The molecule has 3 aliphatic rings. The van der Waals surface area contributed by atoms with Crippen molar-refractivity contribution in [2.24, 2.45) is 4.99 Å². The van der Waals surface area contributed by atoms with Gasteiger partial charge in [-0.25, -0.2) is 14.5 Å². The average molecular weight is 532 g/mol. The molecule has 2 unspecified atom stereocenters. The summed E-state index contributed by atoms with van der Waals surface area (Å²) in [6.45, 7) is 10.9. The van der Waals surface area contributed by atoms with Crippen LogP contribution >= 0.6 is 11.6 Å². The second-order valence-corrected chi connectivity index (χ2v) is 9.88. The zero-order valence-corrected chi connectivity index (χ0v) is 22.5. The highest BCUT2D eigenvalue weighted by atomic mass is 35.5. The monoisotopic (exact) mass is 531 g/mol. The molecule has 10 heteroatoms. The molecule has 0 saturated carbocycles. The fourth-order valence-corrected chi connectivity index (χ4v) is 5.58. The lowest BCUT2D eigenvalue weighted by Gasteiger charge is -2.57. The van der Waals surface area contributed by atoms with E-state index >= 15 is 0 Å². The second kappa shape index (κ2) is 10.9. The first kappa shape index (κ1) is 25.8. The minimum atomic E-state index is 0.428. The summed E-state index contributed by atoms with van der Waals surface area (Å²) in [6, 6.07) is 6.98. The SMILES string of the molecule is C=N/C(=C\C=C(/C)c1cc(OCC)cn2ncc(C#N)c12)N1CC2CC(C1)N2Cc1cnc(OC)c(Cl)c1. The molecule has 3 fully saturated rings. The zero-order chi connectivity index (χ0) is 26.8. The molecule has 2 atom stereocenters. The molecule has 9 nitrogen and oxygen atoms in total. The van der Waals surface area contributed by atoms with Crippen molar-refractivity contribution < 1.29 is 9.47 Å². The van der Waals surface area contributed by atoms with E-state index in [1.54, 1.807) is 24.0 Å². The smallest absolute Gasteiger partial charge is 0.232 e. The van der Waals surface area contributed by atoms with Gasteiger partial charge in [0.15, 0.2) is 0 Å². The number of aromatic nitrogens is 3. The van der Waals surface area contributed by atoms with Crippen LogP contribution < -0.4 is 9.47 Å². The van der Waals surface area contributed by atoms with Gasteiger partial charge in [0.1, 0.15) is 22.7 Å². The van der Waals surface area contributed by atoms with Gasteiger partial charge in [0.25, 0.3) is 0 Å². The van der Waals surface area contributed by atoms with Gasteiger partial charge in [0.2, 0.25) is 5.88 Å². The number of hydrogen-bond donors (Lipinski definition) is 0. The lowest BCUT2D eigenvalue weighted by atomic mass is 9.87. The van der Waals surface area contributed by atoms with Crippen molar-refractivity contribution in [3.8, 4) is 17.7 Å². The lowest BCUT2D eigenvalue weighted by molar-refractivity contribution is -0.0645. The summed E-state index contributed by atoms with van der Waals surface area (Å²) in [4.78, 5) is 13.4. The van der Waals surface area contributed by atoms with Crippen LogP contribution in [0.15, 0.2) is 53.7 Å². The Balaban J connectivity index is 1.33. The lowest BCUT2D eigenvalue weighted by Crippen LogP contribution is -2.67. The molecule has 6 heterocycles. The maximum Gasteiger partial charge on any atom is 0.232 e. The molecule has 0 spiro atoms. The highest BCUT2D eigenvalue weighted by molar-refractivity contribution is 6.31. The van der Waals surface area contributed by atoms with Crippen molar-refractivity contribution >= 4 is 29.4 Å². The Morgan fingerprint density at radius 2 is 2.08 bits per heavy atom. The molecule has 38 heavy (non-hydrogen) atoms. The molecule has 0 N–H and O–H groups in total. The van der Waals surface area contributed by atoms with Crippen molar-refractivity contribution in [1.29, 1.82) is 5.26 Å². The molecule has 0 amide bonds. The van der Waals surface area contributed by atoms with Crippen LogP contribution in [-0.2, 0) is 6.54 Å². The van der Waals surface area contributed by atoms with Crippen LogP contribution in [0.5, 0.6) is 11.6 Å². The fourth-order valence-electron chi connectivity index (χ4n) is 5.32. The number of aliphatic imine (C=N–C) groups is 1. The van der Waals surface area contributed by atoms with Crippen molar-refractivity contribution in [2.75, 3.05) is 26.8 Å². The number of allylic oxidation sites excluding steroid dienone is 3. The highest BCUT2D eigenvalue weighted by Crippen LogP contribution is 2.36.